The highest BCUT2D eigenvalue weighted by Gasteiger charge is 2.18. The predicted molar refractivity (Wildman–Crippen MR) is 74.7 cm³/mol. The molecule has 1 aromatic heterocycles. The average molecular weight is 270 g/mol. The van der Waals surface area contributed by atoms with Crippen molar-refractivity contribution in [3.05, 3.63) is 22.8 Å². The van der Waals surface area contributed by atoms with Crippen LogP contribution in [0.3, 0.4) is 0 Å². The van der Waals surface area contributed by atoms with Gasteiger partial charge in [-0.3, -0.25) is 4.79 Å². The number of hydrogen-bond acceptors (Lipinski definition) is 3. The summed E-state index contributed by atoms with van der Waals surface area (Å²) in [5.41, 5.74) is 5.94. The van der Waals surface area contributed by atoms with Crippen molar-refractivity contribution in [3.63, 3.8) is 0 Å². The Hall–Kier alpha value is -1.29. The topological polar surface area (TPSA) is 68.0 Å². The Morgan fingerprint density at radius 1 is 1.50 bits per heavy atom. The first-order chi connectivity index (χ1) is 8.49. The Kier molecular flexibility index (Phi) is 5.41. The van der Waals surface area contributed by atoms with E-state index in [0.29, 0.717) is 22.3 Å². The van der Waals surface area contributed by atoms with Crippen LogP contribution in [0.4, 0.5) is 5.82 Å². The Morgan fingerprint density at radius 3 is 2.67 bits per heavy atom. The fraction of sp³-hybridized carbons (Fsp3) is 0.538. The third-order valence-corrected chi connectivity index (χ3v) is 3.54. The molecule has 1 rings (SSSR count). The van der Waals surface area contributed by atoms with Crippen molar-refractivity contribution in [2.75, 3.05) is 5.73 Å². The first-order valence-corrected chi connectivity index (χ1v) is 6.59. The highest BCUT2D eigenvalue weighted by Crippen LogP contribution is 2.18. The third kappa shape index (κ3) is 3.60. The van der Waals surface area contributed by atoms with Gasteiger partial charge in [0.15, 0.2) is 0 Å². The number of anilines is 1. The van der Waals surface area contributed by atoms with Crippen LogP contribution < -0.4 is 11.1 Å². The average Bonchev–Trinajstić information content (AvgIpc) is 2.33. The van der Waals surface area contributed by atoms with Crippen LogP contribution >= 0.6 is 11.6 Å². The van der Waals surface area contributed by atoms with Crippen LogP contribution in [-0.4, -0.2) is 16.9 Å². The number of carbonyl (C=O) groups excluding carboxylic acids is 1. The second-order valence-corrected chi connectivity index (χ2v) is 4.83. The van der Waals surface area contributed by atoms with Gasteiger partial charge < -0.3 is 11.1 Å². The van der Waals surface area contributed by atoms with Crippen molar-refractivity contribution in [2.45, 2.75) is 39.7 Å². The fourth-order valence-corrected chi connectivity index (χ4v) is 2.22. The van der Waals surface area contributed by atoms with Crippen molar-refractivity contribution in [1.29, 1.82) is 0 Å². The van der Waals surface area contributed by atoms with Crippen molar-refractivity contribution < 1.29 is 4.79 Å². The molecule has 1 aromatic rings. The van der Waals surface area contributed by atoms with Gasteiger partial charge in [0.1, 0.15) is 5.82 Å². The molecule has 0 bridgehead atoms. The molecular formula is C13H20ClN3O. The minimum Gasteiger partial charge on any atom is -0.384 e. The first-order valence-electron chi connectivity index (χ1n) is 6.21. The maximum absolute atomic E-state index is 12.1. The van der Waals surface area contributed by atoms with Crippen LogP contribution in [-0.2, 0) is 0 Å². The molecule has 0 aliphatic heterocycles. The molecule has 0 fully saturated rings. The normalized spacial score (nSPS) is 12.5. The summed E-state index contributed by atoms with van der Waals surface area (Å²) in [5, 5.41) is 3.28. The predicted octanol–water partition coefficient (Wildman–Crippen LogP) is 2.87. The molecule has 0 saturated heterocycles. The number of halogens is 1. The molecule has 18 heavy (non-hydrogen) atoms. The third-order valence-electron chi connectivity index (χ3n) is 3.24. The lowest BCUT2D eigenvalue weighted by Gasteiger charge is -2.22. The zero-order valence-corrected chi connectivity index (χ0v) is 11.8. The molecule has 1 unspecified atom stereocenters. The van der Waals surface area contributed by atoms with Gasteiger partial charge in [0, 0.05) is 12.2 Å². The molecule has 0 aliphatic rings. The summed E-state index contributed by atoms with van der Waals surface area (Å²) in [6, 6.07) is 1.61. The standard InChI is InChI=1S/C13H20ClN3O/c1-4-9(5-2)8(3)17-13(18)10-6-12(15)16-7-11(10)14/h6-9H,4-5H2,1-3H3,(H2,15,16)(H,17,18). The lowest BCUT2D eigenvalue weighted by atomic mass is 9.95. The number of pyridine rings is 1. The number of nitrogens with zero attached hydrogens (tertiary/aromatic N) is 1. The molecule has 4 nitrogen and oxygen atoms in total. The van der Waals surface area contributed by atoms with Gasteiger partial charge in [-0.15, -0.1) is 0 Å². The number of amides is 1. The summed E-state index contributed by atoms with van der Waals surface area (Å²) in [7, 11) is 0. The Morgan fingerprint density at radius 2 is 2.11 bits per heavy atom. The van der Waals surface area contributed by atoms with Gasteiger partial charge in [-0.1, -0.05) is 38.3 Å². The van der Waals surface area contributed by atoms with Gasteiger partial charge in [0.2, 0.25) is 0 Å². The van der Waals surface area contributed by atoms with Crippen molar-refractivity contribution >= 4 is 23.3 Å². The number of rotatable bonds is 5. The maximum Gasteiger partial charge on any atom is 0.253 e. The molecule has 0 spiro atoms. The number of aromatic nitrogens is 1. The van der Waals surface area contributed by atoms with Gasteiger partial charge >= 0.3 is 0 Å². The molecule has 100 valence electrons. The first kappa shape index (κ1) is 14.8. The summed E-state index contributed by atoms with van der Waals surface area (Å²) >= 11 is 5.94. The highest BCUT2D eigenvalue weighted by atomic mass is 35.5. The van der Waals surface area contributed by atoms with Gasteiger partial charge in [0.05, 0.1) is 10.6 Å². The van der Waals surface area contributed by atoms with Crippen LogP contribution in [0.15, 0.2) is 12.3 Å². The molecule has 1 heterocycles. The van der Waals surface area contributed by atoms with Crippen molar-refractivity contribution in [3.8, 4) is 0 Å². The van der Waals surface area contributed by atoms with Gasteiger partial charge in [-0.05, 0) is 18.9 Å². The minimum atomic E-state index is -0.200. The molecule has 1 atom stereocenters. The molecule has 0 saturated carbocycles. The lowest BCUT2D eigenvalue weighted by Crippen LogP contribution is -2.37. The van der Waals surface area contributed by atoms with E-state index in [1.165, 1.54) is 12.3 Å². The number of carbonyl (C=O) groups is 1. The smallest absolute Gasteiger partial charge is 0.253 e. The van der Waals surface area contributed by atoms with E-state index in [1.807, 2.05) is 6.92 Å². The van der Waals surface area contributed by atoms with E-state index in [9.17, 15) is 4.79 Å². The zero-order valence-electron chi connectivity index (χ0n) is 11.0. The van der Waals surface area contributed by atoms with E-state index in [-0.39, 0.29) is 11.9 Å². The van der Waals surface area contributed by atoms with Crippen molar-refractivity contribution in [2.24, 2.45) is 5.92 Å². The number of nitrogens with two attached hydrogens (primary N) is 1. The zero-order chi connectivity index (χ0) is 13.7. The number of nitrogen functional groups attached to an aromatic ring is 1. The van der Waals surface area contributed by atoms with Gasteiger partial charge in [-0.2, -0.15) is 0 Å². The van der Waals surface area contributed by atoms with Crippen LogP contribution in [0.5, 0.6) is 0 Å². The fourth-order valence-electron chi connectivity index (χ4n) is 2.03. The Balaban J connectivity index is 2.79. The van der Waals surface area contributed by atoms with E-state index in [2.05, 4.69) is 24.1 Å². The van der Waals surface area contributed by atoms with E-state index in [4.69, 9.17) is 17.3 Å². The van der Waals surface area contributed by atoms with E-state index < -0.39 is 0 Å². The summed E-state index contributed by atoms with van der Waals surface area (Å²) < 4.78 is 0. The maximum atomic E-state index is 12.1. The minimum absolute atomic E-state index is 0.109. The van der Waals surface area contributed by atoms with E-state index in [1.54, 1.807) is 0 Å². The van der Waals surface area contributed by atoms with Gasteiger partial charge in [0.25, 0.3) is 5.91 Å². The molecule has 0 aromatic carbocycles. The van der Waals surface area contributed by atoms with Crippen LogP contribution in [0, 0.1) is 5.92 Å². The molecule has 0 aliphatic carbocycles. The summed E-state index contributed by atoms with van der Waals surface area (Å²) in [4.78, 5) is 15.9. The van der Waals surface area contributed by atoms with Crippen LogP contribution in [0.2, 0.25) is 5.02 Å². The van der Waals surface area contributed by atoms with E-state index in [0.717, 1.165) is 12.8 Å². The molecule has 1 amide bonds. The van der Waals surface area contributed by atoms with Crippen LogP contribution in [0.1, 0.15) is 44.0 Å². The second-order valence-electron chi connectivity index (χ2n) is 4.43. The summed E-state index contributed by atoms with van der Waals surface area (Å²) in [6.07, 6.45) is 3.46. The monoisotopic (exact) mass is 269 g/mol. The molecular weight excluding hydrogens is 250 g/mol. The molecule has 3 N–H and O–H groups in total. The summed E-state index contributed by atoms with van der Waals surface area (Å²) in [5.74, 6) is 0.556. The number of nitrogens with one attached hydrogen (secondary N) is 1. The molecule has 5 heteroatoms. The Labute approximate surface area is 113 Å². The molecule has 0 radical (unpaired) electrons. The second kappa shape index (κ2) is 6.59. The van der Waals surface area contributed by atoms with Crippen LogP contribution in [0.25, 0.3) is 0 Å². The SMILES string of the molecule is CCC(CC)C(C)NC(=O)c1cc(N)ncc1Cl. The van der Waals surface area contributed by atoms with Gasteiger partial charge in [-0.25, -0.2) is 4.98 Å². The van der Waals surface area contributed by atoms with E-state index >= 15 is 0 Å². The lowest BCUT2D eigenvalue weighted by molar-refractivity contribution is 0.0925. The largest absolute Gasteiger partial charge is 0.384 e. The van der Waals surface area contributed by atoms with Crippen molar-refractivity contribution in [1.82, 2.24) is 10.3 Å². The Bertz CT molecular complexity index is 419. The quantitative estimate of drug-likeness (QED) is 0.864. The highest BCUT2D eigenvalue weighted by molar-refractivity contribution is 6.33. The summed E-state index contributed by atoms with van der Waals surface area (Å²) in [6.45, 7) is 6.25. The number of hydrogen-bond donors (Lipinski definition) is 2.